The van der Waals surface area contributed by atoms with E-state index in [2.05, 4.69) is 0 Å². The Morgan fingerprint density at radius 1 is 1.03 bits per heavy atom. The Kier molecular flexibility index (Phi) is 6.23. The summed E-state index contributed by atoms with van der Waals surface area (Å²) in [4.78, 5) is 27.3. The number of benzene rings is 3. The molecule has 0 N–H and O–H groups in total. The number of esters is 1. The summed E-state index contributed by atoms with van der Waals surface area (Å²) in [6.07, 6.45) is 1.78. The number of hydrogen-bond acceptors (Lipinski definition) is 5. The average molecular weight is 466 g/mol. The van der Waals surface area contributed by atoms with E-state index >= 15 is 0 Å². The van der Waals surface area contributed by atoms with Gasteiger partial charge in [-0.3, -0.25) is 9.69 Å². The topological polar surface area (TPSA) is 46.6 Å². The first-order valence-corrected chi connectivity index (χ1v) is 10.9. The highest BCUT2D eigenvalue weighted by molar-refractivity contribution is 8.27. The first kappa shape index (κ1) is 21.3. The largest absolute Gasteiger partial charge is 0.423 e. The number of amides is 1. The molecule has 1 aliphatic heterocycles. The number of ether oxygens (including phenoxy) is 1. The zero-order chi connectivity index (χ0) is 22.0. The smallest absolute Gasteiger partial charge is 0.345 e. The van der Waals surface area contributed by atoms with Crippen LogP contribution in [-0.2, 0) is 4.79 Å². The summed E-state index contributed by atoms with van der Waals surface area (Å²) >= 11 is 12.7. The van der Waals surface area contributed by atoms with E-state index in [4.69, 9.17) is 28.6 Å². The number of anilines is 1. The molecule has 31 heavy (non-hydrogen) atoms. The fraction of sp³-hybridized carbons (Fsp3) is 0.0417. The Hall–Kier alpha value is -2.93. The molecule has 0 spiro atoms. The zero-order valence-corrected chi connectivity index (χ0v) is 18.8. The van der Waals surface area contributed by atoms with E-state index in [-0.39, 0.29) is 5.91 Å². The molecule has 1 amide bonds. The lowest BCUT2D eigenvalue weighted by Crippen LogP contribution is -2.28. The van der Waals surface area contributed by atoms with Crippen molar-refractivity contribution in [3.05, 3.63) is 99.4 Å². The summed E-state index contributed by atoms with van der Waals surface area (Å²) in [6.45, 7) is 1.94. The third kappa shape index (κ3) is 4.56. The second-order valence-corrected chi connectivity index (χ2v) is 8.82. The number of para-hydroxylation sites is 1. The maximum absolute atomic E-state index is 12.9. The van der Waals surface area contributed by atoms with Gasteiger partial charge in [0.1, 0.15) is 5.75 Å². The lowest BCUT2D eigenvalue weighted by Gasteiger charge is -2.16. The molecular weight excluding hydrogens is 450 g/mol. The molecule has 1 heterocycles. The van der Waals surface area contributed by atoms with Crippen LogP contribution in [0.5, 0.6) is 5.75 Å². The Labute approximate surface area is 194 Å². The van der Waals surface area contributed by atoms with Crippen LogP contribution in [0.15, 0.2) is 77.7 Å². The van der Waals surface area contributed by atoms with Crippen molar-refractivity contribution in [3.8, 4) is 5.75 Å². The van der Waals surface area contributed by atoms with E-state index in [9.17, 15) is 9.59 Å². The van der Waals surface area contributed by atoms with Crippen LogP contribution >= 0.6 is 35.6 Å². The van der Waals surface area contributed by atoms with Gasteiger partial charge in [0.2, 0.25) is 0 Å². The number of nitrogens with zero attached hydrogens (tertiary/aromatic N) is 1. The van der Waals surface area contributed by atoms with Gasteiger partial charge >= 0.3 is 5.97 Å². The second-order valence-electron chi connectivity index (χ2n) is 6.74. The highest BCUT2D eigenvalue weighted by atomic mass is 35.5. The van der Waals surface area contributed by atoms with Gasteiger partial charge in [0, 0.05) is 0 Å². The summed E-state index contributed by atoms with van der Waals surface area (Å²) in [5.41, 5.74) is 2.86. The van der Waals surface area contributed by atoms with Crippen LogP contribution in [0.25, 0.3) is 6.08 Å². The van der Waals surface area contributed by atoms with E-state index in [1.54, 1.807) is 59.5 Å². The molecule has 7 heteroatoms. The minimum atomic E-state index is -0.530. The molecule has 0 aromatic heterocycles. The third-order valence-electron chi connectivity index (χ3n) is 4.63. The Morgan fingerprint density at radius 3 is 2.42 bits per heavy atom. The number of carbonyl (C=O) groups excluding carboxylic acids is 2. The van der Waals surface area contributed by atoms with Crippen molar-refractivity contribution in [1.29, 1.82) is 0 Å². The van der Waals surface area contributed by atoms with Crippen molar-refractivity contribution >= 4 is 63.5 Å². The van der Waals surface area contributed by atoms with Crippen molar-refractivity contribution in [3.63, 3.8) is 0 Å². The van der Waals surface area contributed by atoms with Crippen LogP contribution < -0.4 is 9.64 Å². The van der Waals surface area contributed by atoms with E-state index < -0.39 is 5.97 Å². The highest BCUT2D eigenvalue weighted by Crippen LogP contribution is 2.37. The third-order valence-corrected chi connectivity index (χ3v) is 6.26. The number of rotatable bonds is 4. The molecule has 0 atom stereocenters. The Balaban J connectivity index is 1.50. The van der Waals surface area contributed by atoms with E-state index in [0.29, 0.717) is 25.6 Å². The van der Waals surface area contributed by atoms with Gasteiger partial charge in [-0.15, -0.1) is 0 Å². The summed E-state index contributed by atoms with van der Waals surface area (Å²) in [6, 6.07) is 21.2. The van der Waals surface area contributed by atoms with E-state index in [1.807, 2.05) is 31.2 Å². The molecule has 0 aliphatic carbocycles. The fourth-order valence-electron chi connectivity index (χ4n) is 3.06. The predicted molar refractivity (Wildman–Crippen MR) is 130 cm³/mol. The molecule has 4 nitrogen and oxygen atoms in total. The summed E-state index contributed by atoms with van der Waals surface area (Å²) in [5.74, 6) is -0.300. The van der Waals surface area contributed by atoms with Crippen molar-refractivity contribution in [2.24, 2.45) is 0 Å². The number of hydrogen-bond donors (Lipinski definition) is 0. The molecule has 1 saturated heterocycles. The van der Waals surface area contributed by atoms with Crippen LogP contribution in [0.1, 0.15) is 21.5 Å². The summed E-state index contributed by atoms with van der Waals surface area (Å²) in [7, 11) is 0. The molecule has 1 aliphatic rings. The number of thiocarbonyl (C=S) groups is 1. The molecule has 1 fully saturated rings. The normalized spacial score (nSPS) is 14.9. The Morgan fingerprint density at radius 2 is 1.71 bits per heavy atom. The van der Waals surface area contributed by atoms with Gasteiger partial charge in [-0.05, 0) is 54.5 Å². The average Bonchev–Trinajstić information content (AvgIpc) is 3.03. The van der Waals surface area contributed by atoms with Gasteiger partial charge in [0.05, 0.1) is 21.2 Å². The highest BCUT2D eigenvalue weighted by Gasteiger charge is 2.33. The first-order valence-electron chi connectivity index (χ1n) is 9.34. The lowest BCUT2D eigenvalue weighted by atomic mass is 10.1. The van der Waals surface area contributed by atoms with Crippen LogP contribution in [0.3, 0.4) is 0 Å². The molecule has 0 saturated carbocycles. The van der Waals surface area contributed by atoms with Gasteiger partial charge in [0.15, 0.2) is 4.32 Å². The molecule has 0 radical (unpaired) electrons. The molecule has 3 aromatic carbocycles. The number of halogens is 1. The van der Waals surface area contributed by atoms with Crippen molar-refractivity contribution < 1.29 is 14.3 Å². The van der Waals surface area contributed by atoms with Gasteiger partial charge in [0.25, 0.3) is 5.91 Å². The Bertz CT molecular complexity index is 1220. The standard InChI is InChI=1S/C24H16ClNO3S2/c1-15-6-2-5-9-20(15)26-22(27)21(31-24(26)30)14-16-10-12-17(13-11-16)29-23(28)18-7-3-4-8-19(18)25/h2-14H,1H3. The quantitative estimate of drug-likeness (QED) is 0.196. The molecule has 154 valence electrons. The van der Waals surface area contributed by atoms with Gasteiger partial charge < -0.3 is 4.74 Å². The molecule has 4 rings (SSSR count). The van der Waals surface area contributed by atoms with E-state index in [0.717, 1.165) is 16.8 Å². The van der Waals surface area contributed by atoms with Crippen LogP contribution in [-0.4, -0.2) is 16.2 Å². The molecule has 0 bridgehead atoms. The van der Waals surface area contributed by atoms with Crippen LogP contribution in [0.4, 0.5) is 5.69 Å². The second kappa shape index (κ2) is 9.06. The van der Waals surface area contributed by atoms with Gasteiger partial charge in [-0.1, -0.05) is 78.0 Å². The number of aryl methyl sites for hydroxylation is 1. The minimum absolute atomic E-state index is 0.154. The number of carbonyl (C=O) groups is 2. The van der Waals surface area contributed by atoms with Crippen molar-refractivity contribution in [1.82, 2.24) is 0 Å². The fourth-order valence-corrected chi connectivity index (χ4v) is 4.56. The van der Waals surface area contributed by atoms with E-state index in [1.165, 1.54) is 11.8 Å². The maximum atomic E-state index is 12.9. The monoisotopic (exact) mass is 465 g/mol. The SMILES string of the molecule is Cc1ccccc1N1C(=O)C(=Cc2ccc(OC(=O)c3ccccc3Cl)cc2)SC1=S. The van der Waals surface area contributed by atoms with Crippen molar-refractivity contribution in [2.75, 3.05) is 4.90 Å². The zero-order valence-electron chi connectivity index (χ0n) is 16.4. The van der Waals surface area contributed by atoms with Crippen LogP contribution in [0.2, 0.25) is 5.02 Å². The van der Waals surface area contributed by atoms with Gasteiger partial charge in [-0.25, -0.2) is 4.79 Å². The molecular formula is C24H16ClNO3S2. The lowest BCUT2D eigenvalue weighted by molar-refractivity contribution is -0.113. The van der Waals surface area contributed by atoms with Crippen molar-refractivity contribution in [2.45, 2.75) is 6.92 Å². The first-order chi connectivity index (χ1) is 14.9. The predicted octanol–water partition coefficient (Wildman–Crippen LogP) is 6.27. The number of thioether (sulfide) groups is 1. The maximum Gasteiger partial charge on any atom is 0.345 e. The van der Waals surface area contributed by atoms with Gasteiger partial charge in [-0.2, -0.15) is 0 Å². The van der Waals surface area contributed by atoms with Crippen LogP contribution in [0, 0.1) is 6.92 Å². The molecule has 3 aromatic rings. The molecule has 0 unspecified atom stereocenters. The summed E-state index contributed by atoms with van der Waals surface area (Å²) in [5, 5.41) is 0.333. The summed E-state index contributed by atoms with van der Waals surface area (Å²) < 4.78 is 5.88. The minimum Gasteiger partial charge on any atom is -0.423 e.